The van der Waals surface area contributed by atoms with Crippen molar-refractivity contribution in [1.82, 2.24) is 10.2 Å². The summed E-state index contributed by atoms with van der Waals surface area (Å²) in [5.74, 6) is 1.13. The largest absolute Gasteiger partial charge is 0.417 e. The third kappa shape index (κ3) is 3.32. The minimum absolute atomic E-state index is 0.0743. The van der Waals surface area contributed by atoms with E-state index in [1.165, 1.54) is 16.9 Å². The number of nitrogens with zero attached hydrogens (tertiary/aromatic N) is 3. The first kappa shape index (κ1) is 14.3. The van der Waals surface area contributed by atoms with E-state index in [9.17, 15) is 0 Å². The monoisotopic (exact) mass is 314 g/mol. The first-order valence-electron chi connectivity index (χ1n) is 6.61. The summed E-state index contributed by atoms with van der Waals surface area (Å²) >= 11 is 1.49. The van der Waals surface area contributed by atoms with Crippen LogP contribution < -0.4 is 5.73 Å². The van der Waals surface area contributed by atoms with Gasteiger partial charge in [0.1, 0.15) is 0 Å². The van der Waals surface area contributed by atoms with Gasteiger partial charge in [-0.05, 0) is 30.5 Å². The van der Waals surface area contributed by atoms with Crippen molar-refractivity contribution < 1.29 is 9.25 Å². The molecule has 0 aliphatic rings. The van der Waals surface area contributed by atoms with Crippen molar-refractivity contribution in [3.8, 4) is 11.5 Å². The number of aryl methyl sites for hydroxylation is 1. The molecule has 0 saturated carbocycles. The third-order valence-corrected chi connectivity index (χ3v) is 3.78. The molecule has 0 saturated heterocycles. The lowest BCUT2D eigenvalue weighted by Gasteiger charge is -1.97. The molecule has 0 aliphatic carbocycles. The highest BCUT2D eigenvalue weighted by Gasteiger charge is 2.09. The zero-order chi connectivity index (χ0) is 15.4. The average molecular weight is 314 g/mol. The molecule has 2 aromatic heterocycles. The second-order valence-corrected chi connectivity index (χ2v) is 5.54. The van der Waals surface area contributed by atoms with E-state index in [4.69, 9.17) is 15.0 Å². The van der Waals surface area contributed by atoms with Gasteiger partial charge in [0.15, 0.2) is 12.4 Å². The molecule has 1 aromatic carbocycles. The third-order valence-electron chi connectivity index (χ3n) is 2.89. The minimum Gasteiger partial charge on any atom is -0.417 e. The second kappa shape index (κ2) is 6.40. The summed E-state index contributed by atoms with van der Waals surface area (Å²) in [7, 11) is 0. The lowest BCUT2D eigenvalue weighted by atomic mass is 10.1. The molecule has 3 aromatic rings. The first-order chi connectivity index (χ1) is 10.7. The van der Waals surface area contributed by atoms with Crippen molar-refractivity contribution in [2.75, 3.05) is 0 Å². The fraction of sp³-hybridized carbons (Fsp3) is 0.133. The van der Waals surface area contributed by atoms with Crippen molar-refractivity contribution in [3.05, 3.63) is 58.1 Å². The summed E-state index contributed by atoms with van der Waals surface area (Å²) in [6.07, 6.45) is 0. The molecule has 2 N–H and O–H groups in total. The normalized spacial score (nSPS) is 11.6. The molecule has 3 rings (SSSR count). The molecule has 0 spiro atoms. The SMILES string of the molecule is Cc1ccc(-c2nnc(CO/N=C(/N)c3cccs3)o2)cc1. The van der Waals surface area contributed by atoms with E-state index in [0.717, 1.165) is 10.4 Å². The van der Waals surface area contributed by atoms with Crippen LogP contribution in [0.15, 0.2) is 51.4 Å². The smallest absolute Gasteiger partial charge is 0.257 e. The van der Waals surface area contributed by atoms with Crippen LogP contribution in [0.25, 0.3) is 11.5 Å². The number of aromatic nitrogens is 2. The summed E-state index contributed by atoms with van der Waals surface area (Å²) in [6, 6.07) is 11.6. The molecular formula is C15H14N4O2S. The van der Waals surface area contributed by atoms with Crippen LogP contribution in [0.4, 0.5) is 0 Å². The van der Waals surface area contributed by atoms with Gasteiger partial charge in [-0.25, -0.2) is 0 Å². The van der Waals surface area contributed by atoms with Crippen LogP contribution in [0.2, 0.25) is 0 Å². The molecule has 112 valence electrons. The van der Waals surface area contributed by atoms with Gasteiger partial charge in [-0.3, -0.25) is 0 Å². The predicted molar refractivity (Wildman–Crippen MR) is 84.3 cm³/mol. The van der Waals surface area contributed by atoms with Crippen LogP contribution in [-0.2, 0) is 11.4 Å². The first-order valence-corrected chi connectivity index (χ1v) is 7.49. The Hall–Kier alpha value is -2.67. The van der Waals surface area contributed by atoms with Crippen LogP contribution in [0.5, 0.6) is 0 Å². The second-order valence-electron chi connectivity index (χ2n) is 4.59. The molecule has 0 amide bonds. The lowest BCUT2D eigenvalue weighted by molar-refractivity contribution is 0.111. The fourth-order valence-corrected chi connectivity index (χ4v) is 2.37. The quantitative estimate of drug-likeness (QED) is 0.444. The number of thiophene rings is 1. The van der Waals surface area contributed by atoms with E-state index in [1.807, 2.05) is 48.7 Å². The van der Waals surface area contributed by atoms with E-state index in [0.29, 0.717) is 17.6 Å². The van der Waals surface area contributed by atoms with Crippen molar-refractivity contribution in [2.45, 2.75) is 13.5 Å². The van der Waals surface area contributed by atoms with Crippen LogP contribution in [0, 0.1) is 6.92 Å². The molecular weight excluding hydrogens is 300 g/mol. The Bertz CT molecular complexity index is 763. The van der Waals surface area contributed by atoms with Gasteiger partial charge in [0, 0.05) is 5.56 Å². The molecule has 6 nitrogen and oxygen atoms in total. The maximum absolute atomic E-state index is 5.78. The van der Waals surface area contributed by atoms with E-state index < -0.39 is 0 Å². The van der Waals surface area contributed by atoms with Crippen LogP contribution >= 0.6 is 11.3 Å². The van der Waals surface area contributed by atoms with Crippen molar-refractivity contribution in [3.63, 3.8) is 0 Å². The number of amidine groups is 1. The van der Waals surface area contributed by atoms with Gasteiger partial charge in [-0.2, -0.15) is 0 Å². The zero-order valence-electron chi connectivity index (χ0n) is 11.9. The molecule has 0 atom stereocenters. The number of nitrogens with two attached hydrogens (primary N) is 1. The molecule has 0 unspecified atom stereocenters. The summed E-state index contributed by atoms with van der Waals surface area (Å²) in [5, 5.41) is 13.7. The van der Waals surface area contributed by atoms with Gasteiger partial charge in [-0.15, -0.1) is 21.5 Å². The molecule has 0 fully saturated rings. The molecule has 22 heavy (non-hydrogen) atoms. The highest BCUT2D eigenvalue weighted by Crippen LogP contribution is 2.18. The molecule has 0 bridgehead atoms. The standard InChI is InChI=1S/C15H14N4O2S/c1-10-4-6-11(7-5-10)15-18-17-13(21-15)9-20-19-14(16)12-3-2-8-22-12/h2-8H,9H2,1H3,(H2,16,19). The van der Waals surface area contributed by atoms with Gasteiger partial charge in [0.2, 0.25) is 5.89 Å². The van der Waals surface area contributed by atoms with Gasteiger partial charge in [0.05, 0.1) is 4.88 Å². The van der Waals surface area contributed by atoms with Gasteiger partial charge in [-0.1, -0.05) is 28.9 Å². The highest BCUT2D eigenvalue weighted by atomic mass is 32.1. The predicted octanol–water partition coefficient (Wildman–Crippen LogP) is 2.94. The Kier molecular flexibility index (Phi) is 4.15. The Labute approximate surface area is 131 Å². The minimum atomic E-state index is 0.0743. The number of benzene rings is 1. The van der Waals surface area contributed by atoms with Gasteiger partial charge < -0.3 is 15.0 Å². The van der Waals surface area contributed by atoms with E-state index >= 15 is 0 Å². The molecule has 2 heterocycles. The fourth-order valence-electron chi connectivity index (χ4n) is 1.75. The molecule has 0 radical (unpaired) electrons. The number of hydrogen-bond donors (Lipinski definition) is 1. The Balaban J connectivity index is 1.62. The molecule has 0 aliphatic heterocycles. The average Bonchev–Trinajstić information content (AvgIpc) is 3.19. The van der Waals surface area contributed by atoms with Crippen LogP contribution in [-0.4, -0.2) is 16.0 Å². The Morgan fingerprint density at radius 3 is 2.82 bits per heavy atom. The summed E-state index contributed by atoms with van der Waals surface area (Å²) < 4.78 is 5.53. The Morgan fingerprint density at radius 1 is 1.27 bits per heavy atom. The number of oxime groups is 1. The summed E-state index contributed by atoms with van der Waals surface area (Å²) in [6.45, 7) is 2.10. The van der Waals surface area contributed by atoms with E-state index in [-0.39, 0.29) is 6.61 Å². The lowest BCUT2D eigenvalue weighted by Crippen LogP contribution is -2.11. The van der Waals surface area contributed by atoms with Gasteiger partial charge in [0.25, 0.3) is 5.89 Å². The van der Waals surface area contributed by atoms with E-state index in [1.54, 1.807) is 0 Å². The van der Waals surface area contributed by atoms with Crippen molar-refractivity contribution in [1.29, 1.82) is 0 Å². The number of hydrogen-bond acceptors (Lipinski definition) is 6. The summed E-state index contributed by atoms with van der Waals surface area (Å²) in [5.41, 5.74) is 7.82. The highest BCUT2D eigenvalue weighted by molar-refractivity contribution is 7.12. The Morgan fingerprint density at radius 2 is 2.09 bits per heavy atom. The van der Waals surface area contributed by atoms with Crippen LogP contribution in [0.3, 0.4) is 0 Å². The number of rotatable bonds is 5. The summed E-state index contributed by atoms with van der Waals surface area (Å²) in [4.78, 5) is 6.00. The molecule has 7 heteroatoms. The van der Waals surface area contributed by atoms with E-state index in [2.05, 4.69) is 15.4 Å². The van der Waals surface area contributed by atoms with Crippen molar-refractivity contribution >= 4 is 17.2 Å². The van der Waals surface area contributed by atoms with Gasteiger partial charge >= 0.3 is 0 Å². The van der Waals surface area contributed by atoms with Crippen LogP contribution in [0.1, 0.15) is 16.3 Å². The maximum atomic E-state index is 5.78. The zero-order valence-corrected chi connectivity index (χ0v) is 12.7. The van der Waals surface area contributed by atoms with Crippen molar-refractivity contribution in [2.24, 2.45) is 10.9 Å². The topological polar surface area (TPSA) is 86.5 Å². The maximum Gasteiger partial charge on any atom is 0.257 e.